The maximum absolute atomic E-state index is 13.2. The van der Waals surface area contributed by atoms with Gasteiger partial charge in [-0.15, -0.1) is 0 Å². The summed E-state index contributed by atoms with van der Waals surface area (Å²) >= 11 is 5.73. The van der Waals surface area contributed by atoms with Crippen LogP contribution < -0.4 is 5.32 Å². The third-order valence-corrected chi connectivity index (χ3v) is 4.09. The minimum atomic E-state index is -0.529. The summed E-state index contributed by atoms with van der Waals surface area (Å²) in [5.41, 5.74) is 2.00. The first kappa shape index (κ1) is 14.1. The van der Waals surface area contributed by atoms with Crippen LogP contribution in [0.3, 0.4) is 0 Å². The molecule has 1 aliphatic carbocycles. The molecule has 5 nitrogen and oxygen atoms in total. The molecule has 1 amide bonds. The number of carbonyl (C=O) groups excluding carboxylic acids is 1. The number of imidazole rings is 1. The average molecular weight is 331 g/mol. The van der Waals surface area contributed by atoms with Gasteiger partial charge in [-0.25, -0.2) is 14.4 Å². The van der Waals surface area contributed by atoms with Crippen molar-refractivity contribution in [3.63, 3.8) is 0 Å². The number of hydrogen-bond acceptors (Lipinski definition) is 3. The van der Waals surface area contributed by atoms with Gasteiger partial charge in [0.2, 0.25) is 0 Å². The third kappa shape index (κ3) is 2.66. The lowest BCUT2D eigenvalue weighted by molar-refractivity contribution is 0.102. The van der Waals surface area contributed by atoms with Crippen LogP contribution in [-0.2, 0) is 0 Å². The molecule has 0 aliphatic heterocycles. The Bertz CT molecular complexity index is 920. The van der Waals surface area contributed by atoms with Gasteiger partial charge in [-0.05, 0) is 37.1 Å². The number of nitrogens with zero attached hydrogens (tertiary/aromatic N) is 2. The van der Waals surface area contributed by atoms with Crippen molar-refractivity contribution in [2.45, 2.75) is 18.8 Å². The van der Waals surface area contributed by atoms with Crippen molar-refractivity contribution in [3.8, 4) is 0 Å². The van der Waals surface area contributed by atoms with Crippen LogP contribution in [0.5, 0.6) is 0 Å². The van der Waals surface area contributed by atoms with E-state index in [1.165, 1.54) is 18.2 Å². The molecule has 0 saturated heterocycles. The van der Waals surface area contributed by atoms with Gasteiger partial charge in [0.05, 0.1) is 16.1 Å². The molecule has 0 radical (unpaired) electrons. The predicted molar refractivity (Wildman–Crippen MR) is 85.2 cm³/mol. The van der Waals surface area contributed by atoms with Crippen LogP contribution in [-0.4, -0.2) is 20.9 Å². The van der Waals surface area contributed by atoms with Crippen molar-refractivity contribution in [1.29, 1.82) is 0 Å². The first-order valence-electron chi connectivity index (χ1n) is 7.23. The fraction of sp³-hybridized carbons (Fsp3) is 0.188. The zero-order chi connectivity index (χ0) is 16.0. The van der Waals surface area contributed by atoms with Crippen LogP contribution in [0.15, 0.2) is 30.5 Å². The summed E-state index contributed by atoms with van der Waals surface area (Å²) in [6.07, 6.45) is 3.76. The number of halogens is 2. The fourth-order valence-electron chi connectivity index (χ4n) is 2.44. The number of benzene rings is 1. The number of anilines is 1. The van der Waals surface area contributed by atoms with Gasteiger partial charge in [0.1, 0.15) is 11.6 Å². The van der Waals surface area contributed by atoms with Crippen molar-refractivity contribution in [1.82, 2.24) is 15.0 Å². The summed E-state index contributed by atoms with van der Waals surface area (Å²) in [7, 11) is 0. The van der Waals surface area contributed by atoms with E-state index in [4.69, 9.17) is 11.6 Å². The van der Waals surface area contributed by atoms with Gasteiger partial charge in [0, 0.05) is 17.8 Å². The number of carbonyl (C=O) groups is 1. The molecule has 3 aromatic rings. The molecular weight excluding hydrogens is 319 g/mol. The van der Waals surface area contributed by atoms with E-state index in [0.29, 0.717) is 28.3 Å². The van der Waals surface area contributed by atoms with Crippen molar-refractivity contribution < 1.29 is 9.18 Å². The molecule has 2 heterocycles. The Kier molecular flexibility index (Phi) is 3.27. The smallest absolute Gasteiger partial charge is 0.257 e. The highest BCUT2D eigenvalue weighted by molar-refractivity contribution is 6.31. The fourth-order valence-corrected chi connectivity index (χ4v) is 2.62. The Morgan fingerprint density at radius 3 is 2.91 bits per heavy atom. The molecule has 1 aliphatic rings. The lowest BCUT2D eigenvalue weighted by Gasteiger charge is -2.06. The third-order valence-electron chi connectivity index (χ3n) is 3.80. The maximum atomic E-state index is 13.2. The molecule has 1 saturated carbocycles. The summed E-state index contributed by atoms with van der Waals surface area (Å²) in [5, 5.41) is 2.67. The zero-order valence-electron chi connectivity index (χ0n) is 11.9. The van der Waals surface area contributed by atoms with Gasteiger partial charge in [-0.2, -0.15) is 0 Å². The van der Waals surface area contributed by atoms with Crippen LogP contribution in [0.25, 0.3) is 11.2 Å². The molecule has 2 N–H and O–H groups in total. The standard InChI is InChI=1S/C16H12ClFN4O/c17-11-7-9(3-4-12(11)18)20-16(23)10-5-6-19-15-13(10)21-14(22-15)8-1-2-8/h3-8H,1-2H2,(H,20,23)(H,19,21,22). The van der Waals surface area contributed by atoms with Crippen LogP contribution in [0.2, 0.25) is 5.02 Å². The molecule has 0 bridgehead atoms. The first-order valence-corrected chi connectivity index (χ1v) is 7.60. The quantitative estimate of drug-likeness (QED) is 0.765. The first-order chi connectivity index (χ1) is 11.1. The lowest BCUT2D eigenvalue weighted by atomic mass is 10.2. The lowest BCUT2D eigenvalue weighted by Crippen LogP contribution is -2.12. The number of rotatable bonds is 3. The summed E-state index contributed by atoms with van der Waals surface area (Å²) in [6, 6.07) is 5.66. The van der Waals surface area contributed by atoms with E-state index in [-0.39, 0.29) is 10.9 Å². The van der Waals surface area contributed by atoms with Crippen LogP contribution in [0.4, 0.5) is 10.1 Å². The Morgan fingerprint density at radius 1 is 1.35 bits per heavy atom. The molecule has 7 heteroatoms. The van der Waals surface area contributed by atoms with E-state index in [1.807, 2.05) is 0 Å². The number of fused-ring (bicyclic) bond motifs is 1. The SMILES string of the molecule is O=C(Nc1ccc(F)c(Cl)c1)c1ccnc2nc(C3CC3)[nH]c12. The Labute approximate surface area is 135 Å². The summed E-state index contributed by atoms with van der Waals surface area (Å²) in [4.78, 5) is 24.3. The topological polar surface area (TPSA) is 70.7 Å². The molecule has 1 aromatic carbocycles. The highest BCUT2D eigenvalue weighted by atomic mass is 35.5. The molecule has 0 atom stereocenters. The van der Waals surface area contributed by atoms with Gasteiger partial charge in [-0.3, -0.25) is 4.79 Å². The number of nitrogens with one attached hydrogen (secondary N) is 2. The van der Waals surface area contributed by atoms with Crippen molar-refractivity contribution in [2.24, 2.45) is 0 Å². The number of aromatic nitrogens is 3. The molecule has 0 spiro atoms. The molecular formula is C16H12ClFN4O. The molecule has 2 aromatic heterocycles. The number of aromatic amines is 1. The maximum Gasteiger partial charge on any atom is 0.257 e. The number of H-pyrrole nitrogens is 1. The van der Waals surface area contributed by atoms with Gasteiger partial charge in [-0.1, -0.05) is 11.6 Å². The zero-order valence-corrected chi connectivity index (χ0v) is 12.7. The molecule has 116 valence electrons. The molecule has 0 unspecified atom stereocenters. The predicted octanol–water partition coefficient (Wildman–Crippen LogP) is 3.88. The Balaban J connectivity index is 1.67. The average Bonchev–Trinajstić information content (AvgIpc) is 3.29. The van der Waals surface area contributed by atoms with Crippen LogP contribution >= 0.6 is 11.6 Å². The normalized spacial score (nSPS) is 14.2. The van der Waals surface area contributed by atoms with Crippen molar-refractivity contribution in [2.75, 3.05) is 5.32 Å². The van der Waals surface area contributed by atoms with Gasteiger partial charge < -0.3 is 10.3 Å². The number of hydrogen-bond donors (Lipinski definition) is 2. The van der Waals surface area contributed by atoms with Crippen LogP contribution in [0.1, 0.15) is 34.9 Å². The van der Waals surface area contributed by atoms with E-state index in [9.17, 15) is 9.18 Å². The summed E-state index contributed by atoms with van der Waals surface area (Å²) < 4.78 is 13.2. The monoisotopic (exact) mass is 330 g/mol. The van der Waals surface area contributed by atoms with E-state index in [1.54, 1.807) is 12.3 Å². The highest BCUT2D eigenvalue weighted by Crippen LogP contribution is 2.39. The van der Waals surface area contributed by atoms with Gasteiger partial charge in [0.25, 0.3) is 5.91 Å². The molecule has 23 heavy (non-hydrogen) atoms. The second-order valence-corrected chi connectivity index (χ2v) is 5.94. The van der Waals surface area contributed by atoms with E-state index >= 15 is 0 Å². The van der Waals surface area contributed by atoms with E-state index in [2.05, 4.69) is 20.3 Å². The number of amides is 1. The van der Waals surface area contributed by atoms with Crippen molar-refractivity contribution >= 4 is 34.4 Å². The molecule has 1 fully saturated rings. The number of pyridine rings is 1. The summed E-state index contributed by atoms with van der Waals surface area (Å²) in [5.74, 6) is 0.457. The van der Waals surface area contributed by atoms with Crippen molar-refractivity contribution in [3.05, 3.63) is 52.7 Å². The minimum absolute atomic E-state index is 0.0414. The highest BCUT2D eigenvalue weighted by Gasteiger charge is 2.28. The van der Waals surface area contributed by atoms with Gasteiger partial charge in [0.15, 0.2) is 5.65 Å². The second-order valence-electron chi connectivity index (χ2n) is 5.54. The van der Waals surface area contributed by atoms with Crippen LogP contribution in [0, 0.1) is 5.82 Å². The largest absolute Gasteiger partial charge is 0.340 e. The van der Waals surface area contributed by atoms with E-state index < -0.39 is 5.82 Å². The molecule has 4 rings (SSSR count). The Hall–Kier alpha value is -2.47. The second kappa shape index (κ2) is 5.31. The Morgan fingerprint density at radius 2 is 2.17 bits per heavy atom. The summed E-state index contributed by atoms with van der Waals surface area (Å²) in [6.45, 7) is 0. The minimum Gasteiger partial charge on any atom is -0.340 e. The van der Waals surface area contributed by atoms with E-state index in [0.717, 1.165) is 18.7 Å². The van der Waals surface area contributed by atoms with Gasteiger partial charge >= 0.3 is 0 Å².